The van der Waals surface area contributed by atoms with E-state index < -0.39 is 250 Å². The fourth-order valence-electron chi connectivity index (χ4n) is 14.2. The Kier molecular flexibility index (Phi) is 52.0. The largest absolute Gasteiger partial charge is 0.508 e. The molecule has 1 saturated heterocycles. The van der Waals surface area contributed by atoms with E-state index in [2.05, 4.69) is 110 Å². The highest BCUT2D eigenvalue weighted by Gasteiger charge is 2.44. The number of carboxylic acids is 1. The summed E-state index contributed by atoms with van der Waals surface area (Å²) in [4.78, 5) is 242. The third-order valence-electron chi connectivity index (χ3n) is 22.7. The summed E-state index contributed by atoms with van der Waals surface area (Å²) in [7, 11) is 0. The van der Waals surface area contributed by atoms with Gasteiger partial charge >= 0.3 is 5.97 Å². The summed E-state index contributed by atoms with van der Waals surface area (Å²) in [5.74, 6) is -20.2. The molecule has 0 radical (unpaired) electrons. The highest BCUT2D eigenvalue weighted by atomic mass is 32.1. The maximum atomic E-state index is 15.0. The molecular weight excluding hydrogens is 1810 g/mol. The van der Waals surface area contributed by atoms with E-state index in [1.807, 2.05) is 0 Å². The van der Waals surface area contributed by atoms with Gasteiger partial charge in [-0.05, 0) is 177 Å². The van der Waals surface area contributed by atoms with E-state index in [4.69, 9.17) is 56.7 Å². The molecule has 3 rings (SSSR count). The SMILES string of the molecule is CC[C@H](C)[C@H](NC(=O)[C@@H](NC(=O)[C@@H]1CCCN1C(=O)[C@@H](N)C(C)C)[C@@H](C)CC)C(=O)N[C@@H](Cc1ccc(O)cc1)C(=O)N[C@H](C(=O)N[C@@H](CC(N)=O)C(=O)N[C@@H](CCCNC(=N)N)C(=O)N[C@@H](CCN)C(=O)N[C@H](C(=O)N[C@H](CCN)C(=O)N[C@@H](CCCCN)C(=O)N[C@@H](CS)C(=O)N[C@@H](CCN)C(=O)N[C@@H](CCCNC(=N)N)C(=O)N[C@@H](Cc1ccc(O)cc1)C(=O)O)[C@@H](C)O)C(C)(C)S. The van der Waals surface area contributed by atoms with Crippen LogP contribution in [-0.4, -0.2) is 297 Å². The normalized spacial score (nSPS) is 16.4. The molecule has 0 unspecified atom stereocenters. The number of thiol groups is 2. The van der Waals surface area contributed by atoms with Crippen molar-refractivity contribution in [3.05, 3.63) is 59.7 Å². The van der Waals surface area contributed by atoms with Gasteiger partial charge in [-0.25, -0.2) is 4.79 Å². The van der Waals surface area contributed by atoms with Crippen molar-refractivity contribution in [3.63, 3.8) is 0 Å². The lowest BCUT2D eigenvalue weighted by Crippen LogP contribution is -2.64. The number of likely N-dealkylation sites (tertiary alicyclic amines) is 1. The molecule has 136 heavy (non-hydrogen) atoms. The van der Waals surface area contributed by atoms with Crippen LogP contribution in [0, 0.1) is 28.6 Å². The zero-order valence-corrected chi connectivity index (χ0v) is 80.3. The molecule has 762 valence electrons. The molecular formula is C86H145N27O21S2. The summed E-state index contributed by atoms with van der Waals surface area (Å²) < 4.78 is -1.59. The third-order valence-corrected chi connectivity index (χ3v) is 23.3. The van der Waals surface area contributed by atoms with Crippen LogP contribution < -0.4 is 131 Å². The van der Waals surface area contributed by atoms with Crippen LogP contribution in [-0.2, 0) is 94.3 Å². The lowest BCUT2D eigenvalue weighted by Gasteiger charge is -2.33. The molecule has 1 aliphatic rings. The Balaban J connectivity index is 1.94. The number of nitrogens with two attached hydrogens (primary N) is 8. The fraction of sp³-hybridized carbons (Fsp3) is 0.640. The van der Waals surface area contributed by atoms with E-state index in [0.717, 1.165) is 6.92 Å². The zero-order valence-electron chi connectivity index (χ0n) is 78.5. The molecule has 19 atom stereocenters. The number of carbonyl (C=O) groups excluding carboxylic acids is 16. The molecule has 0 bridgehead atoms. The van der Waals surface area contributed by atoms with E-state index in [0.29, 0.717) is 43.2 Å². The number of hydrogen-bond acceptors (Lipinski definition) is 29. The van der Waals surface area contributed by atoms with Crippen molar-refractivity contribution in [2.75, 3.05) is 51.6 Å². The summed E-state index contributed by atoms with van der Waals surface area (Å²) >= 11 is 8.92. The van der Waals surface area contributed by atoms with E-state index in [9.17, 15) is 102 Å². The Morgan fingerprint density at radius 3 is 1.18 bits per heavy atom. The van der Waals surface area contributed by atoms with Crippen LogP contribution in [0.4, 0.5) is 0 Å². The maximum Gasteiger partial charge on any atom is 0.326 e. The molecule has 1 heterocycles. The first-order valence-electron chi connectivity index (χ1n) is 45.4. The number of amides is 16. The number of unbranched alkanes of at least 4 members (excludes halogenated alkanes) is 1. The van der Waals surface area contributed by atoms with Gasteiger partial charge in [0.2, 0.25) is 94.5 Å². The highest BCUT2D eigenvalue weighted by molar-refractivity contribution is 7.81. The minimum atomic E-state index is -1.97. The Morgan fingerprint density at radius 1 is 0.449 bits per heavy atom. The van der Waals surface area contributed by atoms with Crippen LogP contribution in [0.2, 0.25) is 0 Å². The number of hydrogen-bond donors (Lipinski definition) is 32. The van der Waals surface area contributed by atoms with Gasteiger partial charge in [-0.1, -0.05) is 78.6 Å². The number of primary amides is 1. The predicted molar refractivity (Wildman–Crippen MR) is 509 cm³/mol. The minimum absolute atomic E-state index is 0.0450. The molecule has 0 spiro atoms. The quantitative estimate of drug-likeness (QED) is 0.0127. The fourth-order valence-corrected chi connectivity index (χ4v) is 14.7. The molecule has 38 N–H and O–H groups in total. The molecule has 0 aromatic heterocycles. The van der Waals surface area contributed by atoms with Gasteiger partial charge in [-0.15, -0.1) is 0 Å². The first kappa shape index (κ1) is 118. The van der Waals surface area contributed by atoms with Gasteiger partial charge in [0.15, 0.2) is 11.9 Å². The second kappa shape index (κ2) is 59.8. The summed E-state index contributed by atoms with van der Waals surface area (Å²) in [6.45, 7) is 13.8. The maximum absolute atomic E-state index is 15.0. The predicted octanol–water partition coefficient (Wildman–Crippen LogP) is -7.58. The smallest absolute Gasteiger partial charge is 0.326 e. The molecule has 2 aromatic carbocycles. The summed E-state index contributed by atoms with van der Waals surface area (Å²) in [6, 6.07) is -13.3. The summed E-state index contributed by atoms with van der Waals surface area (Å²) in [5, 5.41) is 96.9. The monoisotopic (exact) mass is 1960 g/mol. The molecule has 1 aliphatic heterocycles. The molecule has 0 saturated carbocycles. The van der Waals surface area contributed by atoms with Crippen molar-refractivity contribution in [3.8, 4) is 11.5 Å². The van der Waals surface area contributed by atoms with Crippen molar-refractivity contribution in [1.82, 2.24) is 90.0 Å². The number of aromatic hydroxyl groups is 2. The number of rotatable bonds is 62. The van der Waals surface area contributed by atoms with Crippen LogP contribution in [0.15, 0.2) is 48.5 Å². The molecule has 1 fully saturated rings. The standard InChI is InChI=1S/C86H145N27O21S2/c1-10-44(5)64(110-79(129)65(45(6)11-2)109-77(127)61-20-16-38-113(61)82(132)63(92)43(3)4)78(128)105-57(39-47-21-25-49(115)26-22-47)75(125)112-67(86(8,9)136)81(131)106-58(41-62(91)117)74(124)101-52(18-14-36-97-84(93)94)68(118)102-56(31-35-90)73(123)111-66(46(7)114)80(130)104-55(30-34-89)72(122)99-51(17-12-13-32-87)70(120)108-60(42-135)76(126)103-54(29-33-88)71(121)100-53(19-15-37-98-85(95)96)69(119)107-59(83(133)134)40-48-23-27-50(116)28-24-48/h21-28,43-46,51-61,63-67,114-116,135-136H,10-20,29-42,87-90,92H2,1-9H3,(H2,91,117)(H,99,122)(H,100,121)(H,101,124)(H,102,118)(H,103,126)(H,104,130)(H,105,128)(H,106,131)(H,107,119)(H,108,120)(H,109,127)(H,110,129)(H,111,123)(H,112,125)(H,133,134)(H4,93,94,97)(H4,95,96,98)/t44-,45-,46+,51-,52-,53-,54-,55+,56-,57-,58-,59-,60-,61-,63-,64-,65-,66-,67+/m0/s1. The van der Waals surface area contributed by atoms with Crippen LogP contribution >= 0.6 is 25.3 Å². The van der Waals surface area contributed by atoms with Gasteiger partial charge in [0.25, 0.3) is 0 Å². The van der Waals surface area contributed by atoms with Gasteiger partial charge in [-0.2, -0.15) is 25.3 Å². The lowest BCUT2D eigenvalue weighted by atomic mass is 9.94. The van der Waals surface area contributed by atoms with E-state index in [1.165, 1.54) is 67.3 Å². The van der Waals surface area contributed by atoms with E-state index in [-0.39, 0.29) is 127 Å². The van der Waals surface area contributed by atoms with E-state index in [1.54, 1.807) is 41.5 Å². The van der Waals surface area contributed by atoms with Crippen molar-refractivity contribution in [2.45, 2.75) is 279 Å². The number of guanidine groups is 2. The number of phenols is 2. The molecule has 50 heteroatoms. The molecule has 0 aliphatic carbocycles. The summed E-state index contributed by atoms with van der Waals surface area (Å²) in [6.07, 6.45) is -2.94. The third kappa shape index (κ3) is 40.5. The first-order valence-corrected chi connectivity index (χ1v) is 46.4. The number of phenolic OH excluding ortho intramolecular Hbond substituents is 2. The van der Waals surface area contributed by atoms with Gasteiger partial charge in [0, 0.05) is 43.0 Å². The van der Waals surface area contributed by atoms with Gasteiger partial charge in [-0.3, -0.25) is 87.5 Å². The Hall–Kier alpha value is -12.0. The van der Waals surface area contributed by atoms with Crippen molar-refractivity contribution in [1.29, 1.82) is 10.8 Å². The van der Waals surface area contributed by atoms with Crippen molar-refractivity contribution < 1.29 is 102 Å². The van der Waals surface area contributed by atoms with Crippen LogP contribution in [0.1, 0.15) is 170 Å². The zero-order chi connectivity index (χ0) is 103. The van der Waals surface area contributed by atoms with Crippen molar-refractivity contribution >= 4 is 138 Å². The number of carbonyl (C=O) groups is 17. The lowest BCUT2D eigenvalue weighted by molar-refractivity contribution is -0.142. The number of nitrogens with zero attached hydrogens (tertiary/aromatic N) is 1. The van der Waals surface area contributed by atoms with Gasteiger partial charge in [0.1, 0.15) is 102 Å². The van der Waals surface area contributed by atoms with Crippen LogP contribution in [0.25, 0.3) is 0 Å². The molecule has 2 aromatic rings. The number of aliphatic hydroxyl groups excluding tert-OH is 1. The molecule has 48 nitrogen and oxygen atoms in total. The number of aliphatic carboxylic acids is 1. The highest BCUT2D eigenvalue weighted by Crippen LogP contribution is 2.24. The molecule has 16 amide bonds. The van der Waals surface area contributed by atoms with E-state index >= 15 is 0 Å². The van der Waals surface area contributed by atoms with Crippen LogP contribution in [0.5, 0.6) is 11.5 Å². The Morgan fingerprint density at radius 2 is 0.794 bits per heavy atom. The topological polar surface area (TPSA) is 823 Å². The minimum Gasteiger partial charge on any atom is -0.508 e. The number of carboxylic acid groups (broad SMARTS) is 1. The number of nitrogens with one attached hydrogen (secondary N) is 18. The summed E-state index contributed by atoms with van der Waals surface area (Å²) in [5.41, 5.74) is 47.2. The second-order valence-corrected chi connectivity index (χ2v) is 36.1. The Labute approximate surface area is 801 Å². The first-order chi connectivity index (χ1) is 64.0. The average Bonchev–Trinajstić information content (AvgIpc) is 1.56. The Bertz CT molecular complexity index is 4350. The van der Waals surface area contributed by atoms with Crippen molar-refractivity contribution in [2.24, 2.45) is 63.6 Å². The van der Waals surface area contributed by atoms with Gasteiger partial charge < -0.3 is 156 Å². The number of benzene rings is 2. The van der Waals surface area contributed by atoms with Crippen LogP contribution in [0.3, 0.4) is 0 Å². The second-order valence-electron chi connectivity index (χ2n) is 34.6. The van der Waals surface area contributed by atoms with Gasteiger partial charge in [0.05, 0.1) is 18.6 Å². The number of aliphatic hydroxyl groups is 1. The average molecular weight is 1960 g/mol.